The minimum atomic E-state index is -3.49. The standard InChI is InChI=1S/C12H21N3O2S2/c1-8-10(18-11(13)14-8)19(16,17)15-9-5-4-6-12(2,3)7-9/h9,15H,4-7H2,1-3H3,(H2,13,14). The SMILES string of the molecule is Cc1nc(N)sc1S(=O)(=O)NC1CCCC(C)(C)C1. The summed E-state index contributed by atoms with van der Waals surface area (Å²) in [5.41, 5.74) is 6.25. The highest BCUT2D eigenvalue weighted by atomic mass is 32.2. The number of thiazole rings is 1. The Bertz CT molecular complexity index is 564. The van der Waals surface area contributed by atoms with Gasteiger partial charge in [0.25, 0.3) is 10.0 Å². The highest BCUT2D eigenvalue weighted by Gasteiger charge is 2.32. The fourth-order valence-electron chi connectivity index (χ4n) is 2.72. The smallest absolute Gasteiger partial charge is 0.252 e. The summed E-state index contributed by atoms with van der Waals surface area (Å²) >= 11 is 1.03. The highest BCUT2D eigenvalue weighted by Crippen LogP contribution is 2.36. The van der Waals surface area contributed by atoms with E-state index in [4.69, 9.17) is 5.73 Å². The van der Waals surface area contributed by atoms with Gasteiger partial charge in [0, 0.05) is 6.04 Å². The second kappa shape index (κ2) is 5.03. The van der Waals surface area contributed by atoms with Gasteiger partial charge >= 0.3 is 0 Å². The lowest BCUT2D eigenvalue weighted by atomic mass is 9.75. The molecule has 1 fully saturated rings. The van der Waals surface area contributed by atoms with Crippen LogP contribution in [0.3, 0.4) is 0 Å². The van der Waals surface area contributed by atoms with E-state index >= 15 is 0 Å². The van der Waals surface area contributed by atoms with Crippen molar-refractivity contribution in [2.45, 2.75) is 56.7 Å². The van der Waals surface area contributed by atoms with Crippen LogP contribution in [0.2, 0.25) is 0 Å². The first-order chi connectivity index (χ1) is 8.70. The number of rotatable bonds is 3. The van der Waals surface area contributed by atoms with Crippen LogP contribution in [-0.2, 0) is 10.0 Å². The van der Waals surface area contributed by atoms with Gasteiger partial charge in [-0.1, -0.05) is 31.6 Å². The van der Waals surface area contributed by atoms with Gasteiger partial charge in [-0.2, -0.15) is 0 Å². The van der Waals surface area contributed by atoms with Crippen molar-refractivity contribution in [2.75, 3.05) is 5.73 Å². The Kier molecular flexibility index (Phi) is 3.90. The number of aromatic nitrogens is 1. The van der Waals surface area contributed by atoms with Gasteiger partial charge in [-0.3, -0.25) is 0 Å². The topological polar surface area (TPSA) is 85.1 Å². The summed E-state index contributed by atoms with van der Waals surface area (Å²) in [6, 6.07) is 0.0106. The maximum Gasteiger partial charge on any atom is 0.252 e. The van der Waals surface area contributed by atoms with Gasteiger partial charge in [0.2, 0.25) is 0 Å². The van der Waals surface area contributed by atoms with Crippen molar-refractivity contribution in [1.82, 2.24) is 9.71 Å². The van der Waals surface area contributed by atoms with E-state index < -0.39 is 10.0 Å². The van der Waals surface area contributed by atoms with Gasteiger partial charge in [0.15, 0.2) is 9.34 Å². The van der Waals surface area contributed by atoms with Crippen LogP contribution in [0.4, 0.5) is 5.13 Å². The van der Waals surface area contributed by atoms with E-state index in [2.05, 4.69) is 23.6 Å². The number of nitrogens with zero attached hydrogens (tertiary/aromatic N) is 1. The van der Waals surface area contributed by atoms with Crippen molar-refractivity contribution >= 4 is 26.5 Å². The summed E-state index contributed by atoms with van der Waals surface area (Å²) in [6.45, 7) is 6.04. The van der Waals surface area contributed by atoms with Crippen molar-refractivity contribution in [3.8, 4) is 0 Å². The molecule has 1 atom stereocenters. The molecular formula is C12H21N3O2S2. The molecule has 2 rings (SSSR count). The lowest BCUT2D eigenvalue weighted by Gasteiger charge is -2.35. The number of hydrogen-bond donors (Lipinski definition) is 2. The highest BCUT2D eigenvalue weighted by molar-refractivity contribution is 7.91. The van der Waals surface area contributed by atoms with E-state index in [1.807, 2.05) is 0 Å². The number of nitrogens with one attached hydrogen (secondary N) is 1. The van der Waals surface area contributed by atoms with Crippen LogP contribution >= 0.6 is 11.3 Å². The third-order valence-corrected chi connectivity index (χ3v) is 6.66. The van der Waals surface area contributed by atoms with Crippen molar-refractivity contribution in [3.63, 3.8) is 0 Å². The lowest BCUT2D eigenvalue weighted by molar-refractivity contribution is 0.212. The summed E-state index contributed by atoms with van der Waals surface area (Å²) in [7, 11) is -3.49. The molecule has 1 aromatic rings. The van der Waals surface area contributed by atoms with Crippen molar-refractivity contribution in [2.24, 2.45) is 5.41 Å². The van der Waals surface area contributed by atoms with Crippen LogP contribution in [0, 0.1) is 12.3 Å². The average Bonchev–Trinajstić information content (AvgIpc) is 2.56. The first-order valence-electron chi connectivity index (χ1n) is 6.45. The number of nitrogens with two attached hydrogens (primary N) is 1. The maximum absolute atomic E-state index is 12.3. The fraction of sp³-hybridized carbons (Fsp3) is 0.750. The van der Waals surface area contributed by atoms with Crippen LogP contribution in [0.1, 0.15) is 45.2 Å². The van der Waals surface area contributed by atoms with E-state index in [-0.39, 0.29) is 15.7 Å². The number of aryl methyl sites for hydroxylation is 1. The van der Waals surface area contributed by atoms with Gasteiger partial charge < -0.3 is 5.73 Å². The normalized spacial score (nSPS) is 23.4. The van der Waals surface area contributed by atoms with Gasteiger partial charge in [0.1, 0.15) is 0 Å². The molecule has 0 saturated heterocycles. The molecular weight excluding hydrogens is 282 g/mol. The quantitative estimate of drug-likeness (QED) is 0.897. The largest absolute Gasteiger partial charge is 0.375 e. The lowest BCUT2D eigenvalue weighted by Crippen LogP contribution is -2.40. The van der Waals surface area contributed by atoms with E-state index in [1.54, 1.807) is 6.92 Å². The number of anilines is 1. The molecule has 0 aromatic carbocycles. The molecule has 0 amide bonds. The molecule has 0 bridgehead atoms. The zero-order valence-corrected chi connectivity index (χ0v) is 13.2. The molecule has 1 aromatic heterocycles. The average molecular weight is 303 g/mol. The number of hydrogen-bond acceptors (Lipinski definition) is 5. The molecule has 1 saturated carbocycles. The molecule has 1 aliphatic rings. The molecule has 1 heterocycles. The molecule has 1 unspecified atom stereocenters. The van der Waals surface area contributed by atoms with Gasteiger partial charge in [0.05, 0.1) is 5.69 Å². The summed E-state index contributed by atoms with van der Waals surface area (Å²) in [5, 5.41) is 0.293. The fourth-order valence-corrected chi connectivity index (χ4v) is 5.31. The van der Waals surface area contributed by atoms with Crippen LogP contribution < -0.4 is 10.5 Å². The Labute approximate surface area is 118 Å². The Morgan fingerprint density at radius 3 is 2.68 bits per heavy atom. The second-order valence-electron chi connectivity index (χ2n) is 6.00. The molecule has 0 aliphatic heterocycles. The van der Waals surface area contributed by atoms with Crippen molar-refractivity contribution in [1.29, 1.82) is 0 Å². The molecule has 1 aliphatic carbocycles. The Hall–Kier alpha value is -0.660. The molecule has 108 valence electrons. The van der Waals surface area contributed by atoms with E-state index in [1.165, 1.54) is 0 Å². The number of nitrogen functional groups attached to an aromatic ring is 1. The van der Waals surface area contributed by atoms with Gasteiger partial charge in [-0.05, 0) is 31.6 Å². The van der Waals surface area contributed by atoms with Crippen LogP contribution in [0.15, 0.2) is 4.21 Å². The molecule has 0 radical (unpaired) electrons. The molecule has 0 spiro atoms. The maximum atomic E-state index is 12.3. The Balaban J connectivity index is 2.16. The molecule has 19 heavy (non-hydrogen) atoms. The number of sulfonamides is 1. The van der Waals surface area contributed by atoms with Gasteiger partial charge in [-0.15, -0.1) is 0 Å². The monoisotopic (exact) mass is 303 g/mol. The second-order valence-corrected chi connectivity index (χ2v) is 8.94. The molecule has 7 heteroatoms. The zero-order valence-electron chi connectivity index (χ0n) is 11.6. The third-order valence-electron chi connectivity index (χ3n) is 3.54. The summed E-state index contributed by atoms with van der Waals surface area (Å²) < 4.78 is 27.8. The first kappa shape index (κ1) is 14.7. The zero-order chi connectivity index (χ0) is 14.3. The predicted octanol–water partition coefficient (Wildman–Crippen LogP) is 2.28. The van der Waals surface area contributed by atoms with E-state index in [0.717, 1.165) is 37.0 Å². The third kappa shape index (κ3) is 3.46. The van der Waals surface area contributed by atoms with Crippen LogP contribution in [0.25, 0.3) is 0 Å². The first-order valence-corrected chi connectivity index (χ1v) is 8.75. The van der Waals surface area contributed by atoms with E-state index in [0.29, 0.717) is 10.8 Å². The summed E-state index contributed by atoms with van der Waals surface area (Å²) in [5.74, 6) is 0. The molecule has 3 N–H and O–H groups in total. The predicted molar refractivity (Wildman–Crippen MR) is 77.6 cm³/mol. The Morgan fingerprint density at radius 2 is 2.16 bits per heavy atom. The van der Waals surface area contributed by atoms with Crippen molar-refractivity contribution < 1.29 is 8.42 Å². The van der Waals surface area contributed by atoms with Crippen LogP contribution in [0.5, 0.6) is 0 Å². The minimum Gasteiger partial charge on any atom is -0.375 e. The molecule has 5 nitrogen and oxygen atoms in total. The van der Waals surface area contributed by atoms with E-state index in [9.17, 15) is 8.42 Å². The summed E-state index contributed by atoms with van der Waals surface area (Å²) in [6.07, 6.45) is 3.98. The minimum absolute atomic E-state index is 0.0106. The summed E-state index contributed by atoms with van der Waals surface area (Å²) in [4.78, 5) is 3.98. The van der Waals surface area contributed by atoms with Crippen LogP contribution in [-0.4, -0.2) is 19.4 Å². The Morgan fingerprint density at radius 1 is 1.47 bits per heavy atom. The van der Waals surface area contributed by atoms with Gasteiger partial charge in [-0.25, -0.2) is 18.1 Å². The van der Waals surface area contributed by atoms with Crippen molar-refractivity contribution in [3.05, 3.63) is 5.69 Å².